The monoisotopic (exact) mass is 206 g/mol. The van der Waals surface area contributed by atoms with Gasteiger partial charge in [0, 0.05) is 6.61 Å². The second-order valence-corrected chi connectivity index (χ2v) is 4.58. The lowest BCUT2D eigenvalue weighted by atomic mass is 10.0. The minimum Gasteiger partial charge on any atom is -0.396 e. The van der Waals surface area contributed by atoms with E-state index in [9.17, 15) is 0 Å². The van der Waals surface area contributed by atoms with E-state index in [1.807, 2.05) is 0 Å². The summed E-state index contributed by atoms with van der Waals surface area (Å²) >= 11 is 0. The van der Waals surface area contributed by atoms with Crippen LogP contribution in [0, 0.1) is 5.92 Å². The zero-order valence-electron chi connectivity index (χ0n) is 9.87. The Morgan fingerprint density at radius 3 is 2.00 bits per heavy atom. The summed E-state index contributed by atoms with van der Waals surface area (Å²) < 4.78 is 0. The highest BCUT2D eigenvalue weighted by molar-refractivity contribution is 5.22. The van der Waals surface area contributed by atoms with E-state index >= 15 is 0 Å². The Morgan fingerprint density at radius 2 is 1.53 bits per heavy atom. The fourth-order valence-electron chi connectivity index (χ4n) is 1.61. The fourth-order valence-corrected chi connectivity index (χ4v) is 1.61. The van der Waals surface area contributed by atoms with Crippen LogP contribution in [0.1, 0.15) is 37.8 Å². The quantitative estimate of drug-likeness (QED) is 0.758. The summed E-state index contributed by atoms with van der Waals surface area (Å²) in [6.07, 6.45) is 4.29. The van der Waals surface area contributed by atoms with Gasteiger partial charge in [-0.25, -0.2) is 0 Å². The zero-order valence-corrected chi connectivity index (χ0v) is 9.87. The van der Waals surface area contributed by atoms with Crippen LogP contribution < -0.4 is 0 Å². The molecule has 0 aliphatic carbocycles. The van der Waals surface area contributed by atoms with Crippen LogP contribution >= 0.6 is 0 Å². The summed E-state index contributed by atoms with van der Waals surface area (Å²) in [7, 11) is 0. The Hall–Kier alpha value is -0.820. The molecule has 0 spiro atoms. The molecular formula is C14H22O. The molecule has 0 amide bonds. The van der Waals surface area contributed by atoms with E-state index in [0.717, 1.165) is 18.8 Å². The molecule has 0 atom stereocenters. The first-order valence-electron chi connectivity index (χ1n) is 5.91. The third-order valence-electron chi connectivity index (χ3n) is 2.66. The van der Waals surface area contributed by atoms with Gasteiger partial charge in [-0.2, -0.15) is 0 Å². The Labute approximate surface area is 93.1 Å². The largest absolute Gasteiger partial charge is 0.396 e. The molecule has 84 valence electrons. The number of hydrogen-bond donors (Lipinski definition) is 1. The first-order chi connectivity index (χ1) is 7.22. The minimum atomic E-state index is 0.287. The predicted octanol–water partition coefficient (Wildman–Crippen LogP) is 3.20. The number of benzene rings is 1. The molecular weight excluding hydrogens is 184 g/mol. The maximum Gasteiger partial charge on any atom is 0.0434 e. The molecule has 0 aromatic heterocycles. The van der Waals surface area contributed by atoms with Crippen LogP contribution in [0.15, 0.2) is 24.3 Å². The molecule has 1 rings (SSSR count). The maximum absolute atomic E-state index is 8.73. The van der Waals surface area contributed by atoms with Gasteiger partial charge in [-0.15, -0.1) is 0 Å². The number of hydrogen-bond acceptors (Lipinski definition) is 1. The summed E-state index contributed by atoms with van der Waals surface area (Å²) in [6, 6.07) is 8.81. The van der Waals surface area contributed by atoms with Gasteiger partial charge < -0.3 is 5.11 Å². The van der Waals surface area contributed by atoms with Crippen molar-refractivity contribution in [1.82, 2.24) is 0 Å². The lowest BCUT2D eigenvalue weighted by molar-refractivity contribution is 0.288. The van der Waals surface area contributed by atoms with Gasteiger partial charge in [0.15, 0.2) is 0 Å². The molecule has 1 heteroatoms. The van der Waals surface area contributed by atoms with Crippen LogP contribution in [0.5, 0.6) is 0 Å². The molecule has 1 aromatic carbocycles. The molecule has 0 heterocycles. The normalized spacial score (nSPS) is 10.9. The van der Waals surface area contributed by atoms with E-state index in [-0.39, 0.29) is 6.61 Å². The number of aliphatic hydroxyl groups is 1. The van der Waals surface area contributed by atoms with Crippen molar-refractivity contribution in [1.29, 1.82) is 0 Å². The van der Waals surface area contributed by atoms with Crippen molar-refractivity contribution < 1.29 is 5.11 Å². The minimum absolute atomic E-state index is 0.287. The van der Waals surface area contributed by atoms with Crippen molar-refractivity contribution in [3.05, 3.63) is 35.4 Å². The number of aliphatic hydroxyl groups excluding tert-OH is 1. The van der Waals surface area contributed by atoms with Gasteiger partial charge in [-0.3, -0.25) is 0 Å². The molecule has 0 unspecified atom stereocenters. The van der Waals surface area contributed by atoms with Crippen LogP contribution in [-0.2, 0) is 12.8 Å². The van der Waals surface area contributed by atoms with Crippen LogP contribution in [-0.4, -0.2) is 11.7 Å². The second kappa shape index (κ2) is 6.62. The lowest BCUT2D eigenvalue weighted by Crippen LogP contribution is -1.93. The van der Waals surface area contributed by atoms with Gasteiger partial charge in [0.2, 0.25) is 0 Å². The highest BCUT2D eigenvalue weighted by Gasteiger charge is 1.97. The van der Waals surface area contributed by atoms with Crippen molar-refractivity contribution in [2.24, 2.45) is 5.92 Å². The average molecular weight is 206 g/mol. The summed E-state index contributed by atoms with van der Waals surface area (Å²) in [5, 5.41) is 8.73. The molecule has 15 heavy (non-hydrogen) atoms. The summed E-state index contributed by atoms with van der Waals surface area (Å²) in [5.41, 5.74) is 2.76. The van der Waals surface area contributed by atoms with Gasteiger partial charge >= 0.3 is 0 Å². The lowest BCUT2D eigenvalue weighted by Gasteiger charge is -2.05. The van der Waals surface area contributed by atoms with Crippen molar-refractivity contribution in [2.45, 2.75) is 39.5 Å². The SMILES string of the molecule is CC(C)CCc1ccc(CCCO)cc1. The number of aryl methyl sites for hydroxylation is 2. The predicted molar refractivity (Wildman–Crippen MR) is 65.0 cm³/mol. The molecule has 1 aromatic rings. The van der Waals surface area contributed by atoms with E-state index in [1.54, 1.807) is 0 Å². The molecule has 0 aliphatic heterocycles. The molecule has 0 aliphatic rings. The standard InChI is InChI=1S/C14H22O/c1-12(2)5-6-14-9-7-13(8-10-14)4-3-11-15/h7-10,12,15H,3-6,11H2,1-2H3. The van der Waals surface area contributed by atoms with Crippen molar-refractivity contribution >= 4 is 0 Å². The fraction of sp³-hybridized carbons (Fsp3) is 0.571. The van der Waals surface area contributed by atoms with Gasteiger partial charge in [-0.05, 0) is 42.7 Å². The maximum atomic E-state index is 8.73. The van der Waals surface area contributed by atoms with Gasteiger partial charge in [0.25, 0.3) is 0 Å². The molecule has 0 fully saturated rings. The Bertz CT molecular complexity index is 261. The van der Waals surface area contributed by atoms with Crippen molar-refractivity contribution in [3.63, 3.8) is 0 Å². The number of rotatable bonds is 6. The van der Waals surface area contributed by atoms with Crippen molar-refractivity contribution in [2.75, 3.05) is 6.61 Å². The highest BCUT2D eigenvalue weighted by atomic mass is 16.2. The third-order valence-corrected chi connectivity index (χ3v) is 2.66. The topological polar surface area (TPSA) is 20.2 Å². The van der Waals surface area contributed by atoms with Gasteiger partial charge in [0.05, 0.1) is 0 Å². The van der Waals surface area contributed by atoms with Crippen molar-refractivity contribution in [3.8, 4) is 0 Å². The smallest absolute Gasteiger partial charge is 0.0434 e. The average Bonchev–Trinajstić information content (AvgIpc) is 2.25. The van der Waals surface area contributed by atoms with E-state index in [0.29, 0.717) is 0 Å². The summed E-state index contributed by atoms with van der Waals surface area (Å²) in [5.74, 6) is 0.777. The first-order valence-corrected chi connectivity index (χ1v) is 5.91. The molecule has 1 nitrogen and oxygen atoms in total. The molecule has 0 saturated carbocycles. The highest BCUT2D eigenvalue weighted by Crippen LogP contribution is 2.11. The Balaban J connectivity index is 2.41. The summed E-state index contributed by atoms with van der Waals surface area (Å²) in [4.78, 5) is 0. The van der Waals surface area contributed by atoms with Crippen LogP contribution in [0.4, 0.5) is 0 Å². The second-order valence-electron chi connectivity index (χ2n) is 4.58. The van der Waals surface area contributed by atoms with E-state index < -0.39 is 0 Å². The molecule has 0 saturated heterocycles. The Morgan fingerprint density at radius 1 is 1.00 bits per heavy atom. The van der Waals surface area contributed by atoms with Crippen LogP contribution in [0.2, 0.25) is 0 Å². The molecule has 0 radical (unpaired) electrons. The third kappa shape index (κ3) is 4.98. The molecule has 0 bridgehead atoms. The summed E-state index contributed by atoms with van der Waals surface area (Å²) in [6.45, 7) is 4.81. The van der Waals surface area contributed by atoms with Crippen LogP contribution in [0.3, 0.4) is 0 Å². The zero-order chi connectivity index (χ0) is 11.1. The Kier molecular flexibility index (Phi) is 5.41. The van der Waals surface area contributed by atoms with Gasteiger partial charge in [0.1, 0.15) is 0 Å². The van der Waals surface area contributed by atoms with Gasteiger partial charge in [-0.1, -0.05) is 38.1 Å². The van der Waals surface area contributed by atoms with E-state index in [4.69, 9.17) is 5.11 Å². The molecule has 1 N–H and O–H groups in total. The first kappa shape index (κ1) is 12.3. The van der Waals surface area contributed by atoms with Crippen LogP contribution in [0.25, 0.3) is 0 Å². The van der Waals surface area contributed by atoms with E-state index in [1.165, 1.54) is 24.0 Å². The van der Waals surface area contributed by atoms with E-state index in [2.05, 4.69) is 38.1 Å².